The number of aliphatic hydroxyl groups excluding tert-OH is 1. The number of fused-ring (bicyclic) bond motifs is 1. The van der Waals surface area contributed by atoms with Crippen LogP contribution in [0.2, 0.25) is 5.02 Å². The SMILES string of the molecule is CCOC(=O)C1=C(O)/C(=C/c2cn(CCOc3ccccc3C)c3ccc(Br)cc23)SC1=Nc1ccc(Cl)cc1. The molecule has 204 valence electrons. The molecule has 0 radical (unpaired) electrons. The van der Waals surface area contributed by atoms with Crippen LogP contribution >= 0.6 is 39.3 Å². The number of nitrogens with zero attached hydrogens (tertiary/aromatic N) is 2. The van der Waals surface area contributed by atoms with E-state index in [0.29, 0.717) is 33.8 Å². The predicted octanol–water partition coefficient (Wildman–Crippen LogP) is 8.64. The third kappa shape index (κ3) is 6.14. The van der Waals surface area contributed by atoms with E-state index in [2.05, 4.69) is 25.5 Å². The molecule has 0 saturated carbocycles. The van der Waals surface area contributed by atoms with Gasteiger partial charge in [-0.15, -0.1) is 0 Å². The van der Waals surface area contributed by atoms with Crippen molar-refractivity contribution < 1.29 is 19.4 Å². The first-order valence-corrected chi connectivity index (χ1v) is 14.6. The molecule has 1 aliphatic heterocycles. The highest BCUT2D eigenvalue weighted by atomic mass is 79.9. The van der Waals surface area contributed by atoms with Crippen LogP contribution in [0.25, 0.3) is 17.0 Å². The van der Waals surface area contributed by atoms with Gasteiger partial charge in [0.15, 0.2) is 0 Å². The molecule has 2 heterocycles. The van der Waals surface area contributed by atoms with Gasteiger partial charge in [0.1, 0.15) is 28.7 Å². The number of ether oxygens (including phenoxy) is 2. The summed E-state index contributed by atoms with van der Waals surface area (Å²) in [6.45, 7) is 5.05. The van der Waals surface area contributed by atoms with Gasteiger partial charge in [-0.25, -0.2) is 9.79 Å². The number of hydrogen-bond acceptors (Lipinski definition) is 6. The molecule has 0 bridgehead atoms. The second-order valence-electron chi connectivity index (χ2n) is 9.00. The Labute approximate surface area is 250 Å². The highest BCUT2D eigenvalue weighted by Crippen LogP contribution is 2.41. The molecule has 0 spiro atoms. The van der Waals surface area contributed by atoms with Crippen molar-refractivity contribution in [3.05, 3.63) is 110 Å². The van der Waals surface area contributed by atoms with Crippen LogP contribution in [0.3, 0.4) is 0 Å². The van der Waals surface area contributed by atoms with E-state index in [9.17, 15) is 9.90 Å². The summed E-state index contributed by atoms with van der Waals surface area (Å²) in [6.07, 6.45) is 3.90. The van der Waals surface area contributed by atoms with Crippen molar-refractivity contribution in [2.75, 3.05) is 13.2 Å². The van der Waals surface area contributed by atoms with Gasteiger partial charge in [0.25, 0.3) is 0 Å². The Kier molecular flexibility index (Phi) is 8.69. The number of aryl methyl sites for hydroxylation is 1. The Bertz CT molecular complexity index is 1670. The van der Waals surface area contributed by atoms with Crippen molar-refractivity contribution in [3.63, 3.8) is 0 Å². The number of benzene rings is 3. The molecule has 1 aliphatic rings. The molecule has 0 saturated heterocycles. The lowest BCUT2D eigenvalue weighted by Gasteiger charge is -2.10. The zero-order valence-electron chi connectivity index (χ0n) is 21.9. The summed E-state index contributed by atoms with van der Waals surface area (Å²) in [4.78, 5) is 17.9. The minimum absolute atomic E-state index is 0.0459. The number of aliphatic imine (C=N–C) groups is 1. The zero-order valence-corrected chi connectivity index (χ0v) is 25.0. The van der Waals surface area contributed by atoms with Gasteiger partial charge in [0.05, 0.1) is 23.7 Å². The van der Waals surface area contributed by atoms with Crippen LogP contribution in [0, 0.1) is 6.92 Å². The Morgan fingerprint density at radius 1 is 1.15 bits per heavy atom. The van der Waals surface area contributed by atoms with Crippen LogP contribution < -0.4 is 4.74 Å². The van der Waals surface area contributed by atoms with Gasteiger partial charge in [-0.05, 0) is 74.0 Å². The lowest BCUT2D eigenvalue weighted by atomic mass is 10.1. The molecule has 0 unspecified atom stereocenters. The first-order valence-electron chi connectivity index (χ1n) is 12.7. The normalized spacial score (nSPS) is 15.4. The van der Waals surface area contributed by atoms with Gasteiger partial charge < -0.3 is 19.1 Å². The topological polar surface area (TPSA) is 73.0 Å². The Morgan fingerprint density at radius 2 is 1.93 bits per heavy atom. The first-order chi connectivity index (χ1) is 19.3. The number of carbonyl (C=O) groups excluding carboxylic acids is 1. The number of carbonyl (C=O) groups is 1. The van der Waals surface area contributed by atoms with E-state index in [1.54, 1.807) is 31.2 Å². The number of thioether (sulfide) groups is 1. The molecular weight excluding hydrogens is 612 g/mol. The number of hydrogen-bond donors (Lipinski definition) is 1. The highest BCUT2D eigenvalue weighted by molar-refractivity contribution is 9.10. The van der Waals surface area contributed by atoms with Crippen molar-refractivity contribution in [1.29, 1.82) is 0 Å². The fourth-order valence-electron chi connectivity index (χ4n) is 4.34. The maximum Gasteiger partial charge on any atom is 0.344 e. The van der Waals surface area contributed by atoms with Gasteiger partial charge >= 0.3 is 5.97 Å². The highest BCUT2D eigenvalue weighted by Gasteiger charge is 2.33. The van der Waals surface area contributed by atoms with Gasteiger partial charge in [-0.1, -0.05) is 57.5 Å². The average molecular weight is 638 g/mol. The largest absolute Gasteiger partial charge is 0.506 e. The second kappa shape index (κ2) is 12.4. The third-order valence-corrected chi connectivity index (χ3v) is 8.04. The molecule has 6 nitrogen and oxygen atoms in total. The summed E-state index contributed by atoms with van der Waals surface area (Å²) in [5.74, 6) is 0.0811. The quantitative estimate of drug-likeness (QED) is 0.196. The van der Waals surface area contributed by atoms with E-state index in [1.165, 1.54) is 11.8 Å². The van der Waals surface area contributed by atoms with Crippen LogP contribution in [0.1, 0.15) is 18.1 Å². The van der Waals surface area contributed by atoms with Crippen molar-refractivity contribution in [2.24, 2.45) is 4.99 Å². The van der Waals surface area contributed by atoms with Gasteiger partial charge in [-0.3, -0.25) is 0 Å². The fourth-order valence-corrected chi connectivity index (χ4v) is 5.85. The summed E-state index contributed by atoms with van der Waals surface area (Å²) in [6, 6.07) is 21.0. The number of aliphatic hydroxyl groups is 1. The summed E-state index contributed by atoms with van der Waals surface area (Å²) in [5, 5.41) is 13.1. The fraction of sp³-hybridized carbons (Fsp3) is 0.161. The molecule has 0 atom stereocenters. The number of halogens is 2. The summed E-state index contributed by atoms with van der Waals surface area (Å²) in [5.41, 5.74) is 3.65. The monoisotopic (exact) mass is 636 g/mol. The molecule has 1 aromatic heterocycles. The standard InChI is InChI=1S/C31H26BrClN2O4S/c1-3-38-31(37)28-29(36)27(40-30(28)34-23-11-9-22(33)10-12-23)16-20-18-35(25-13-8-21(32)17-24(20)25)14-15-39-26-7-5-4-6-19(26)2/h4-13,16-18,36H,3,14-15H2,1-2H3/b27-16-,34-30?. The molecule has 4 aromatic rings. The summed E-state index contributed by atoms with van der Waals surface area (Å²) < 4.78 is 14.3. The van der Waals surface area contributed by atoms with Crippen LogP contribution in [-0.2, 0) is 16.1 Å². The molecule has 1 N–H and O–H groups in total. The Balaban J connectivity index is 1.50. The lowest BCUT2D eigenvalue weighted by Crippen LogP contribution is -2.12. The van der Waals surface area contributed by atoms with E-state index in [0.717, 1.165) is 32.3 Å². The molecule has 0 aliphatic carbocycles. The number of esters is 1. The minimum Gasteiger partial charge on any atom is -0.506 e. The van der Waals surface area contributed by atoms with E-state index >= 15 is 0 Å². The Morgan fingerprint density at radius 3 is 2.67 bits per heavy atom. The minimum atomic E-state index is -0.623. The van der Waals surface area contributed by atoms with Crippen molar-refractivity contribution in [3.8, 4) is 5.75 Å². The zero-order chi connectivity index (χ0) is 28.2. The van der Waals surface area contributed by atoms with Crippen LogP contribution in [0.15, 0.2) is 98.6 Å². The Hall–Kier alpha value is -3.46. The number of para-hydroxylation sites is 1. The first kappa shape index (κ1) is 28.1. The van der Waals surface area contributed by atoms with Crippen LogP contribution in [0.4, 0.5) is 5.69 Å². The van der Waals surface area contributed by atoms with Crippen molar-refractivity contribution >= 4 is 73.0 Å². The second-order valence-corrected chi connectivity index (χ2v) is 11.4. The molecule has 0 fully saturated rings. The number of rotatable bonds is 8. The number of aromatic nitrogens is 1. The van der Waals surface area contributed by atoms with Crippen molar-refractivity contribution in [2.45, 2.75) is 20.4 Å². The van der Waals surface area contributed by atoms with Gasteiger partial charge in [0.2, 0.25) is 0 Å². The van der Waals surface area contributed by atoms with Crippen LogP contribution in [0.5, 0.6) is 5.75 Å². The molecule has 40 heavy (non-hydrogen) atoms. The van der Waals surface area contributed by atoms with Gasteiger partial charge in [0, 0.05) is 32.2 Å². The van der Waals surface area contributed by atoms with Crippen molar-refractivity contribution in [1.82, 2.24) is 4.57 Å². The maximum absolute atomic E-state index is 12.8. The molecule has 3 aromatic carbocycles. The van der Waals surface area contributed by atoms with E-state index < -0.39 is 5.97 Å². The average Bonchev–Trinajstić information content (AvgIpc) is 3.42. The van der Waals surface area contributed by atoms with Gasteiger partial charge in [-0.2, -0.15) is 0 Å². The van der Waals surface area contributed by atoms with E-state index in [-0.39, 0.29) is 17.9 Å². The van der Waals surface area contributed by atoms with E-state index in [4.69, 9.17) is 21.1 Å². The molecule has 0 amide bonds. The maximum atomic E-state index is 12.8. The molecule has 9 heteroatoms. The lowest BCUT2D eigenvalue weighted by molar-refractivity contribution is -0.138. The predicted molar refractivity (Wildman–Crippen MR) is 167 cm³/mol. The summed E-state index contributed by atoms with van der Waals surface area (Å²) >= 11 is 10.8. The molecular formula is C31H26BrClN2O4S. The smallest absolute Gasteiger partial charge is 0.344 e. The van der Waals surface area contributed by atoms with Crippen LogP contribution in [-0.4, -0.2) is 33.9 Å². The third-order valence-electron chi connectivity index (χ3n) is 6.27. The summed E-state index contributed by atoms with van der Waals surface area (Å²) in [7, 11) is 0. The molecule has 5 rings (SSSR count). The van der Waals surface area contributed by atoms with E-state index in [1.807, 2.05) is 61.7 Å².